The number of rotatable bonds is 3. The minimum absolute atomic E-state index is 1.09. The average Bonchev–Trinajstić information content (AvgIpc) is 2.23. The Kier molecular flexibility index (Phi) is 4.36. The molecule has 0 fully saturated rings. The van der Waals surface area contributed by atoms with Crippen molar-refractivity contribution in [3.63, 3.8) is 0 Å². The van der Waals surface area contributed by atoms with E-state index in [9.17, 15) is 0 Å². The second-order valence-corrected chi connectivity index (χ2v) is 3.84. The van der Waals surface area contributed by atoms with Gasteiger partial charge in [-0.15, -0.1) is 0 Å². The fourth-order valence-electron chi connectivity index (χ4n) is 1.70. The van der Waals surface area contributed by atoms with Crippen LogP contribution in [0.4, 0.5) is 0 Å². The second kappa shape index (κ2) is 5.55. The summed E-state index contributed by atoms with van der Waals surface area (Å²) >= 11 is 0. The lowest BCUT2D eigenvalue weighted by Gasteiger charge is -2.09. The van der Waals surface area contributed by atoms with Crippen LogP contribution in [-0.4, -0.2) is 0 Å². The topological polar surface area (TPSA) is 0 Å². The van der Waals surface area contributed by atoms with Gasteiger partial charge in [0.25, 0.3) is 0 Å². The summed E-state index contributed by atoms with van der Waals surface area (Å²) in [6, 6.07) is 4.38. The Hall–Kier alpha value is -1.30. The van der Waals surface area contributed by atoms with Crippen LogP contribution in [-0.2, 0) is 0 Å². The van der Waals surface area contributed by atoms with Crippen LogP contribution < -0.4 is 0 Å². The zero-order chi connectivity index (χ0) is 11.3. The van der Waals surface area contributed by atoms with Crippen LogP contribution in [0.5, 0.6) is 0 Å². The largest absolute Gasteiger partial charge is 0.0870 e. The fraction of sp³-hybridized carbons (Fsp3) is 0.333. The molecule has 0 bridgehead atoms. The van der Waals surface area contributed by atoms with E-state index < -0.39 is 0 Å². The number of hydrogen-bond donors (Lipinski definition) is 0. The van der Waals surface area contributed by atoms with Crippen molar-refractivity contribution < 1.29 is 0 Å². The predicted molar refractivity (Wildman–Crippen MR) is 69.9 cm³/mol. The SMILES string of the molecule is C/C=C\c1c(C)ccc(C)c1/C=C\CC. The third-order valence-corrected chi connectivity index (χ3v) is 2.58. The Balaban J connectivity index is 3.31. The molecule has 0 aromatic heterocycles. The molecule has 15 heavy (non-hydrogen) atoms. The summed E-state index contributed by atoms with van der Waals surface area (Å²) in [6.07, 6.45) is 9.83. The minimum Gasteiger partial charge on any atom is -0.0870 e. The molecular formula is C15H20. The molecule has 0 spiro atoms. The molecule has 0 N–H and O–H groups in total. The van der Waals surface area contributed by atoms with Crippen molar-refractivity contribution in [2.45, 2.75) is 34.1 Å². The van der Waals surface area contributed by atoms with Gasteiger partial charge in [0, 0.05) is 0 Å². The van der Waals surface area contributed by atoms with Crippen LogP contribution in [0.25, 0.3) is 12.2 Å². The highest BCUT2D eigenvalue weighted by molar-refractivity contribution is 5.70. The van der Waals surface area contributed by atoms with Gasteiger partial charge >= 0.3 is 0 Å². The van der Waals surface area contributed by atoms with Crippen LogP contribution in [0.1, 0.15) is 42.5 Å². The molecule has 0 heteroatoms. The Bertz CT molecular complexity index is 381. The van der Waals surface area contributed by atoms with E-state index in [1.54, 1.807) is 0 Å². The lowest BCUT2D eigenvalue weighted by Crippen LogP contribution is -1.90. The summed E-state index contributed by atoms with van der Waals surface area (Å²) in [6.45, 7) is 8.56. The third kappa shape index (κ3) is 2.82. The number of allylic oxidation sites excluding steroid dienone is 2. The molecule has 0 aliphatic carbocycles. The van der Waals surface area contributed by atoms with Gasteiger partial charge in [0.15, 0.2) is 0 Å². The van der Waals surface area contributed by atoms with E-state index in [-0.39, 0.29) is 0 Å². The van der Waals surface area contributed by atoms with Gasteiger partial charge in [-0.2, -0.15) is 0 Å². The highest BCUT2D eigenvalue weighted by atomic mass is 14.1. The third-order valence-electron chi connectivity index (χ3n) is 2.58. The van der Waals surface area contributed by atoms with Crippen molar-refractivity contribution in [1.82, 2.24) is 0 Å². The lowest BCUT2D eigenvalue weighted by molar-refractivity contribution is 1.23. The van der Waals surface area contributed by atoms with E-state index in [0.29, 0.717) is 0 Å². The van der Waals surface area contributed by atoms with Gasteiger partial charge in [0.1, 0.15) is 0 Å². The van der Waals surface area contributed by atoms with Gasteiger partial charge < -0.3 is 0 Å². The molecule has 0 heterocycles. The number of aryl methyl sites for hydroxylation is 2. The van der Waals surface area contributed by atoms with Crippen LogP contribution in [0.3, 0.4) is 0 Å². The molecule has 0 atom stereocenters. The molecule has 1 aromatic carbocycles. The van der Waals surface area contributed by atoms with Gasteiger partial charge in [-0.3, -0.25) is 0 Å². The van der Waals surface area contributed by atoms with E-state index in [0.717, 1.165) is 6.42 Å². The van der Waals surface area contributed by atoms with Gasteiger partial charge in [0.05, 0.1) is 0 Å². The van der Waals surface area contributed by atoms with Crippen molar-refractivity contribution in [3.8, 4) is 0 Å². The van der Waals surface area contributed by atoms with Crippen molar-refractivity contribution >= 4 is 12.2 Å². The fourth-order valence-corrected chi connectivity index (χ4v) is 1.70. The van der Waals surface area contributed by atoms with Gasteiger partial charge in [-0.25, -0.2) is 0 Å². The quantitative estimate of drug-likeness (QED) is 0.660. The van der Waals surface area contributed by atoms with Crippen LogP contribution in [0.15, 0.2) is 24.3 Å². The van der Waals surface area contributed by atoms with E-state index in [4.69, 9.17) is 0 Å². The lowest BCUT2D eigenvalue weighted by atomic mass is 9.96. The Labute approximate surface area is 93.3 Å². The van der Waals surface area contributed by atoms with E-state index in [1.807, 2.05) is 0 Å². The van der Waals surface area contributed by atoms with Gasteiger partial charge in [-0.1, -0.05) is 43.4 Å². The molecule has 0 nitrogen and oxygen atoms in total. The second-order valence-electron chi connectivity index (χ2n) is 3.84. The molecule has 0 aliphatic heterocycles. The van der Waals surface area contributed by atoms with Gasteiger partial charge in [-0.05, 0) is 49.4 Å². The maximum absolute atomic E-state index is 2.23. The first kappa shape index (κ1) is 11.8. The van der Waals surface area contributed by atoms with E-state index in [1.165, 1.54) is 22.3 Å². The van der Waals surface area contributed by atoms with E-state index in [2.05, 4.69) is 64.1 Å². The Morgan fingerprint density at radius 1 is 1.00 bits per heavy atom. The van der Waals surface area contributed by atoms with Crippen molar-refractivity contribution in [1.29, 1.82) is 0 Å². The van der Waals surface area contributed by atoms with Crippen LogP contribution in [0.2, 0.25) is 0 Å². The number of hydrogen-bond acceptors (Lipinski definition) is 0. The summed E-state index contributed by atoms with van der Waals surface area (Å²) in [5.41, 5.74) is 5.39. The normalized spacial score (nSPS) is 11.7. The summed E-state index contributed by atoms with van der Waals surface area (Å²) in [5.74, 6) is 0. The van der Waals surface area contributed by atoms with Crippen molar-refractivity contribution in [2.75, 3.05) is 0 Å². The predicted octanol–water partition coefficient (Wildman–Crippen LogP) is 4.76. The Morgan fingerprint density at radius 2 is 1.53 bits per heavy atom. The summed E-state index contributed by atoms with van der Waals surface area (Å²) in [5, 5.41) is 0. The van der Waals surface area contributed by atoms with Crippen LogP contribution in [0, 0.1) is 13.8 Å². The molecule has 0 amide bonds. The maximum Gasteiger partial charge on any atom is -0.0155 e. The standard InChI is InChI=1S/C15H20/c1-5-7-9-15-13(4)11-10-12(3)14(15)8-6-2/h6-11H,5H2,1-4H3/b8-6-,9-7-. The first-order chi connectivity index (χ1) is 7.20. The first-order valence-electron chi connectivity index (χ1n) is 5.60. The monoisotopic (exact) mass is 200 g/mol. The molecule has 80 valence electrons. The maximum atomic E-state index is 2.23. The smallest absolute Gasteiger partial charge is 0.0155 e. The molecule has 0 saturated carbocycles. The van der Waals surface area contributed by atoms with Gasteiger partial charge in [0.2, 0.25) is 0 Å². The van der Waals surface area contributed by atoms with Crippen molar-refractivity contribution in [3.05, 3.63) is 46.5 Å². The highest BCUT2D eigenvalue weighted by Gasteiger charge is 2.02. The zero-order valence-electron chi connectivity index (χ0n) is 10.2. The summed E-state index contributed by atoms with van der Waals surface area (Å²) in [7, 11) is 0. The average molecular weight is 200 g/mol. The highest BCUT2D eigenvalue weighted by Crippen LogP contribution is 2.21. The minimum atomic E-state index is 1.09. The van der Waals surface area contributed by atoms with Crippen molar-refractivity contribution in [2.24, 2.45) is 0 Å². The molecule has 0 unspecified atom stereocenters. The number of benzene rings is 1. The molecule has 1 rings (SSSR count). The molecule has 0 saturated heterocycles. The molecule has 1 aromatic rings. The molecular weight excluding hydrogens is 180 g/mol. The molecule has 0 radical (unpaired) electrons. The van der Waals surface area contributed by atoms with E-state index >= 15 is 0 Å². The van der Waals surface area contributed by atoms with Crippen LogP contribution >= 0.6 is 0 Å². The first-order valence-corrected chi connectivity index (χ1v) is 5.60. The Morgan fingerprint density at radius 3 is 2.00 bits per heavy atom. The molecule has 0 aliphatic rings. The summed E-state index contributed by atoms with van der Waals surface area (Å²) in [4.78, 5) is 0. The zero-order valence-corrected chi connectivity index (χ0v) is 10.2. The summed E-state index contributed by atoms with van der Waals surface area (Å²) < 4.78 is 0.